The second kappa shape index (κ2) is 17.4. The molecule has 44 heavy (non-hydrogen) atoms. The maximum absolute atomic E-state index is 12.3. The highest BCUT2D eigenvalue weighted by atomic mass is 16.5. The molecule has 9 N–H and O–H groups in total. The van der Waals surface area contributed by atoms with Gasteiger partial charge in [-0.15, -0.1) is 0 Å². The molecule has 3 amide bonds. The van der Waals surface area contributed by atoms with E-state index in [1.54, 1.807) is 4.90 Å². The fraction of sp³-hybridized carbons (Fsp3) is 0.833. The van der Waals surface area contributed by atoms with Crippen LogP contribution in [-0.2, 0) is 14.3 Å². The lowest BCUT2D eigenvalue weighted by molar-refractivity contribution is -0.225. The van der Waals surface area contributed by atoms with Crippen molar-refractivity contribution in [1.29, 1.82) is 5.41 Å². The van der Waals surface area contributed by atoms with Gasteiger partial charge in [-0.2, -0.15) is 0 Å². The summed E-state index contributed by atoms with van der Waals surface area (Å²) in [6.45, 7) is 4.23. The van der Waals surface area contributed by atoms with Crippen molar-refractivity contribution in [3.05, 3.63) is 0 Å². The van der Waals surface area contributed by atoms with E-state index in [0.717, 1.165) is 45.1 Å². The van der Waals surface area contributed by atoms with Gasteiger partial charge in [0, 0.05) is 57.8 Å². The molecule has 1 spiro atoms. The third kappa shape index (κ3) is 9.68. The van der Waals surface area contributed by atoms with E-state index in [0.29, 0.717) is 45.3 Å². The molecule has 3 aliphatic rings. The van der Waals surface area contributed by atoms with Crippen LogP contribution in [0.3, 0.4) is 0 Å². The Labute approximate surface area is 260 Å². The Kier molecular flexibility index (Phi) is 14.0. The van der Waals surface area contributed by atoms with Gasteiger partial charge in [0.2, 0.25) is 17.6 Å². The largest absolute Gasteiger partial charge is 0.449 e. The molecule has 0 radical (unpaired) electrons. The van der Waals surface area contributed by atoms with Crippen LogP contribution in [-0.4, -0.2) is 95.1 Å². The van der Waals surface area contributed by atoms with Crippen molar-refractivity contribution in [2.75, 3.05) is 32.8 Å². The van der Waals surface area contributed by atoms with Crippen LogP contribution in [0.25, 0.3) is 0 Å². The van der Waals surface area contributed by atoms with Gasteiger partial charge in [-0.1, -0.05) is 45.4 Å². The lowest BCUT2D eigenvalue weighted by Gasteiger charge is -2.50. The van der Waals surface area contributed by atoms with Crippen LogP contribution in [0, 0.1) is 11.3 Å². The zero-order valence-electron chi connectivity index (χ0n) is 26.3. The van der Waals surface area contributed by atoms with Gasteiger partial charge in [-0.05, 0) is 32.1 Å². The first-order chi connectivity index (χ1) is 21.1. The number of amidine groups is 1. The van der Waals surface area contributed by atoms with Crippen LogP contribution in [0.15, 0.2) is 4.99 Å². The van der Waals surface area contributed by atoms with Crippen LogP contribution in [0.5, 0.6) is 0 Å². The number of piperidine rings is 1. The molecule has 3 heterocycles. The van der Waals surface area contributed by atoms with Gasteiger partial charge < -0.3 is 46.9 Å². The van der Waals surface area contributed by atoms with Crippen molar-refractivity contribution < 1.29 is 29.3 Å². The summed E-state index contributed by atoms with van der Waals surface area (Å²) in [5.41, 5.74) is 4.46. The number of rotatable bonds is 20. The average molecular weight is 623 g/mol. The quantitative estimate of drug-likeness (QED) is 0.0726. The number of ether oxygens (including phenoxy) is 1. The summed E-state index contributed by atoms with van der Waals surface area (Å²) < 4.78 is 5.41. The molecule has 3 atom stereocenters. The maximum Gasteiger partial charge on any atom is 0.407 e. The summed E-state index contributed by atoms with van der Waals surface area (Å²) in [5, 5.41) is 41.3. The van der Waals surface area contributed by atoms with Gasteiger partial charge >= 0.3 is 6.09 Å². The number of nitrogens with zero attached hydrogens (tertiary/aromatic N) is 2. The zero-order valence-corrected chi connectivity index (χ0v) is 26.3. The number of nitrogens with one attached hydrogen (secondary N) is 5. The lowest BCUT2D eigenvalue weighted by Crippen LogP contribution is -2.75. The molecule has 0 aromatic heterocycles. The Hall–Kier alpha value is -3.13. The Morgan fingerprint density at radius 3 is 2.11 bits per heavy atom. The molecule has 0 unspecified atom stereocenters. The number of aliphatic imine (C=N–C) groups is 1. The van der Waals surface area contributed by atoms with E-state index in [1.165, 1.54) is 19.3 Å². The summed E-state index contributed by atoms with van der Waals surface area (Å²) in [4.78, 5) is 42.1. The van der Waals surface area contributed by atoms with Crippen LogP contribution >= 0.6 is 0 Å². The van der Waals surface area contributed by atoms with Gasteiger partial charge in [-0.25, -0.2) is 9.79 Å². The number of unbranched alkanes of at least 4 members (excludes halogenated alkanes) is 8. The monoisotopic (exact) mass is 622 g/mol. The van der Waals surface area contributed by atoms with E-state index in [2.05, 4.69) is 33.2 Å². The van der Waals surface area contributed by atoms with Gasteiger partial charge in [0.25, 0.3) is 0 Å². The molecule has 3 rings (SSSR count). The van der Waals surface area contributed by atoms with E-state index in [9.17, 15) is 24.6 Å². The summed E-state index contributed by atoms with van der Waals surface area (Å²) in [6.07, 6.45) is 11.3. The normalized spacial score (nSPS) is 23.3. The molecular formula is C30H54N8O6. The first-order valence-corrected chi connectivity index (χ1v) is 16.5. The Balaban J connectivity index is 1.17. The number of guanidine groups is 1. The third-order valence-corrected chi connectivity index (χ3v) is 8.76. The van der Waals surface area contributed by atoms with E-state index in [1.807, 2.05) is 0 Å². The Morgan fingerprint density at radius 2 is 1.52 bits per heavy atom. The Morgan fingerprint density at radius 1 is 0.955 bits per heavy atom. The molecular weight excluding hydrogens is 568 g/mol. The highest BCUT2D eigenvalue weighted by Crippen LogP contribution is 2.47. The molecule has 250 valence electrons. The van der Waals surface area contributed by atoms with Crippen LogP contribution in [0.1, 0.15) is 103 Å². The number of hydrogen-bond donors (Lipinski definition) is 8. The minimum atomic E-state index is -2.13. The molecule has 0 saturated carbocycles. The van der Waals surface area contributed by atoms with E-state index in [4.69, 9.17) is 15.9 Å². The third-order valence-electron chi connectivity index (χ3n) is 8.76. The molecule has 0 bridgehead atoms. The number of hydrogen-bond acceptors (Lipinski definition) is 10. The average Bonchev–Trinajstić information content (AvgIpc) is 3.48. The number of aliphatic hydroxyl groups is 2. The van der Waals surface area contributed by atoms with Gasteiger partial charge in [0.1, 0.15) is 6.04 Å². The summed E-state index contributed by atoms with van der Waals surface area (Å²) in [6, 6.07) is -0.677. The Bertz CT molecular complexity index is 1010. The fourth-order valence-electron chi connectivity index (χ4n) is 6.33. The number of carbonyl (C=O) groups is 3. The highest BCUT2D eigenvalue weighted by molar-refractivity contribution is 5.88. The molecule has 0 aromatic rings. The standard InChI is InChI=1S/C30H54N8O6/c1-2-3-4-5-10-16-33-24(39)13-8-9-14-25(40)34-17-11-6-7-12-18-35-28(41)44-21-22-20-23(31)38-19-15-29(42,43)30(38)26(22)36-27(32)37-30/h22,26,31,42-43H,2-21H2,1H3,(H,33,39)(H,34,40)(H,35,41)(H3,32,36,37)/t22-,26-,30-/m0/s1. The van der Waals surface area contributed by atoms with Crippen LogP contribution < -0.4 is 27.0 Å². The number of amides is 3. The van der Waals surface area contributed by atoms with Crippen LogP contribution in [0.2, 0.25) is 0 Å². The molecule has 14 nitrogen and oxygen atoms in total. The number of nitrogens with two attached hydrogens (primary N) is 1. The minimum absolute atomic E-state index is 0.0100. The number of alkyl carbamates (subject to hydrolysis) is 1. The molecule has 3 aliphatic heterocycles. The van der Waals surface area contributed by atoms with Gasteiger partial charge in [0.15, 0.2) is 11.6 Å². The summed E-state index contributed by atoms with van der Waals surface area (Å²) in [7, 11) is 0. The molecule has 14 heteroatoms. The van der Waals surface area contributed by atoms with Crippen molar-refractivity contribution in [1.82, 2.24) is 26.2 Å². The van der Waals surface area contributed by atoms with Crippen molar-refractivity contribution >= 4 is 29.7 Å². The van der Waals surface area contributed by atoms with Crippen LogP contribution in [0.4, 0.5) is 4.79 Å². The first-order valence-electron chi connectivity index (χ1n) is 16.5. The maximum atomic E-state index is 12.3. The highest BCUT2D eigenvalue weighted by Gasteiger charge is 2.69. The first kappa shape index (κ1) is 35.4. The van der Waals surface area contributed by atoms with Crippen molar-refractivity contribution in [3.8, 4) is 0 Å². The molecule has 0 aromatic carbocycles. The van der Waals surface area contributed by atoms with Gasteiger partial charge in [-0.3, -0.25) is 15.0 Å². The predicted octanol–water partition coefficient (Wildman–Crippen LogP) is 1.40. The smallest absolute Gasteiger partial charge is 0.407 e. The zero-order chi connectivity index (χ0) is 32.0. The van der Waals surface area contributed by atoms with Crippen molar-refractivity contribution in [3.63, 3.8) is 0 Å². The van der Waals surface area contributed by atoms with E-state index >= 15 is 0 Å². The fourth-order valence-corrected chi connectivity index (χ4v) is 6.33. The minimum Gasteiger partial charge on any atom is -0.449 e. The molecule has 2 saturated heterocycles. The van der Waals surface area contributed by atoms with E-state index < -0.39 is 29.5 Å². The summed E-state index contributed by atoms with van der Waals surface area (Å²) >= 11 is 0. The molecule has 0 aliphatic carbocycles. The van der Waals surface area contributed by atoms with E-state index in [-0.39, 0.29) is 43.1 Å². The van der Waals surface area contributed by atoms with Gasteiger partial charge in [0.05, 0.1) is 12.4 Å². The predicted molar refractivity (Wildman–Crippen MR) is 167 cm³/mol. The second-order valence-corrected chi connectivity index (χ2v) is 12.2. The number of carbonyl (C=O) groups excluding carboxylic acids is 3. The molecule has 2 fully saturated rings. The van der Waals surface area contributed by atoms with Crippen molar-refractivity contribution in [2.45, 2.75) is 121 Å². The second-order valence-electron chi connectivity index (χ2n) is 12.2. The van der Waals surface area contributed by atoms with Crippen molar-refractivity contribution in [2.24, 2.45) is 16.6 Å². The SMILES string of the molecule is CCCCCCCNC(=O)CCCCC(=O)NCCCCCCNC(=O)OC[C@@H]1CC(=N)N2CCC(O)(O)[C@@]23NC(N)=N[C@@H]13. The summed E-state index contributed by atoms with van der Waals surface area (Å²) in [5.74, 6) is -2.20. The topological polar surface area (TPSA) is 214 Å². The lowest BCUT2D eigenvalue weighted by atomic mass is 9.79.